The summed E-state index contributed by atoms with van der Waals surface area (Å²) in [5.41, 5.74) is 0.147. The van der Waals surface area contributed by atoms with Crippen molar-refractivity contribution < 1.29 is 22.8 Å². The highest BCUT2D eigenvalue weighted by Gasteiger charge is 2.39. The summed E-state index contributed by atoms with van der Waals surface area (Å²) in [7, 11) is -2.68. The molecule has 4 aromatic rings. The zero-order valence-electron chi connectivity index (χ0n) is 24.7. The van der Waals surface area contributed by atoms with Gasteiger partial charge in [-0.05, 0) is 43.2 Å². The van der Waals surface area contributed by atoms with Crippen molar-refractivity contribution in [3.8, 4) is 17.2 Å². The van der Waals surface area contributed by atoms with E-state index in [4.69, 9.17) is 21.1 Å². The van der Waals surface area contributed by atoms with Crippen LogP contribution in [-0.4, -0.2) is 72.3 Å². The average Bonchev–Trinajstić information content (AvgIpc) is 3.76. The van der Waals surface area contributed by atoms with E-state index in [1.165, 1.54) is 22.3 Å². The van der Waals surface area contributed by atoms with Gasteiger partial charge in [-0.15, -0.1) is 0 Å². The first-order chi connectivity index (χ1) is 21.5. The largest absolute Gasteiger partial charge is 0.496 e. The molecule has 2 aromatic carbocycles. The molecule has 2 aliphatic rings. The van der Waals surface area contributed by atoms with Gasteiger partial charge in [0.25, 0.3) is 0 Å². The van der Waals surface area contributed by atoms with Crippen LogP contribution in [0.1, 0.15) is 25.3 Å². The fourth-order valence-electron chi connectivity index (χ4n) is 5.41. The lowest BCUT2D eigenvalue weighted by Gasteiger charge is -2.35. The first-order valence-electron chi connectivity index (χ1n) is 14.3. The molecule has 0 radical (unpaired) electrons. The molecule has 45 heavy (non-hydrogen) atoms. The highest BCUT2D eigenvalue weighted by atomic mass is 35.5. The number of rotatable bonds is 10. The van der Waals surface area contributed by atoms with Crippen molar-refractivity contribution in [1.29, 1.82) is 0 Å². The molecular formula is C30H31ClN6O7S. The van der Waals surface area contributed by atoms with Crippen LogP contribution < -0.4 is 19.9 Å². The molecule has 13 nitrogen and oxygen atoms in total. The molecule has 0 unspecified atom stereocenters. The van der Waals surface area contributed by atoms with E-state index in [2.05, 4.69) is 17.0 Å². The molecule has 1 saturated carbocycles. The van der Waals surface area contributed by atoms with E-state index in [-0.39, 0.29) is 54.2 Å². The smallest absolute Gasteiger partial charge is 0.316 e. The molecule has 0 N–H and O–H groups in total. The predicted molar refractivity (Wildman–Crippen MR) is 169 cm³/mol. The van der Waals surface area contributed by atoms with E-state index >= 15 is 0 Å². The van der Waals surface area contributed by atoms with Gasteiger partial charge in [0.05, 0.1) is 36.1 Å². The summed E-state index contributed by atoms with van der Waals surface area (Å²) in [6.45, 7) is 3.11. The van der Waals surface area contributed by atoms with E-state index in [0.29, 0.717) is 28.4 Å². The van der Waals surface area contributed by atoms with Crippen molar-refractivity contribution in [1.82, 2.24) is 19.1 Å². The molecule has 2 aromatic heterocycles. The number of methoxy groups -OCH3 is 1. The quantitative estimate of drug-likeness (QED) is 0.180. The van der Waals surface area contributed by atoms with Gasteiger partial charge < -0.3 is 14.4 Å². The lowest BCUT2D eigenvalue weighted by molar-refractivity contribution is -0.383. The second-order valence-corrected chi connectivity index (χ2v) is 13.9. The average molecular weight is 655 g/mol. The summed E-state index contributed by atoms with van der Waals surface area (Å²) in [6, 6.07) is 11.6. The van der Waals surface area contributed by atoms with Crippen molar-refractivity contribution >= 4 is 43.9 Å². The van der Waals surface area contributed by atoms with Gasteiger partial charge in [-0.25, -0.2) is 13.4 Å². The number of hydrogen-bond donors (Lipinski definition) is 0. The number of fused-ring (bicyclic) bond motifs is 1. The molecule has 0 bridgehead atoms. The number of halogens is 1. The fraction of sp³-hybridized carbons (Fsp3) is 0.367. The predicted octanol–water partition coefficient (Wildman–Crippen LogP) is 4.18. The first kappa shape index (κ1) is 30.7. The minimum absolute atomic E-state index is 0.00257. The summed E-state index contributed by atoms with van der Waals surface area (Å²) >= 11 is 6.16. The SMILES string of the molecule is COc1cc2cccnc2c([N+](=O)[O-])c1CS(=O)(=O)N1CCN(c2cnn(-c3cccc(Cl)c3)c(=O)c2OCC2(C)CC2)CC1. The van der Waals surface area contributed by atoms with Gasteiger partial charge in [0.2, 0.25) is 15.8 Å². The maximum atomic E-state index is 13.7. The molecule has 0 amide bonds. The molecule has 236 valence electrons. The standard InChI is InChI=1S/C30H31ClN6O7S/c1-30(8-9-30)19-44-28-24(17-33-36(29(28)38)22-7-3-6-21(31)16-22)34-11-13-35(14-12-34)45(41,42)18-23-25(43-2)15-20-5-4-10-32-26(20)27(23)37(39)40/h3-7,10,15-17H,8-9,11-14,18-19H2,1-2H3. The second-order valence-electron chi connectivity index (χ2n) is 11.5. The fourth-order valence-corrected chi connectivity index (χ4v) is 7.14. The Morgan fingerprint density at radius 1 is 1.11 bits per heavy atom. The maximum Gasteiger partial charge on any atom is 0.316 e. The molecule has 3 heterocycles. The van der Waals surface area contributed by atoms with Crippen LogP contribution in [-0.2, 0) is 15.8 Å². The van der Waals surface area contributed by atoms with Gasteiger partial charge in [-0.2, -0.15) is 14.1 Å². The zero-order valence-corrected chi connectivity index (χ0v) is 26.3. The number of anilines is 1. The zero-order chi connectivity index (χ0) is 31.9. The lowest BCUT2D eigenvalue weighted by Crippen LogP contribution is -2.49. The number of nitrogens with zero attached hydrogens (tertiary/aromatic N) is 6. The Hall–Kier alpha value is -4.27. The molecule has 2 fully saturated rings. The molecule has 6 rings (SSSR count). The van der Waals surface area contributed by atoms with Crippen LogP contribution in [0.25, 0.3) is 16.6 Å². The lowest BCUT2D eigenvalue weighted by atomic mass is 10.1. The number of pyridine rings is 1. The van der Waals surface area contributed by atoms with Gasteiger partial charge in [-0.3, -0.25) is 14.9 Å². The highest BCUT2D eigenvalue weighted by Crippen LogP contribution is 2.45. The third-order valence-corrected chi connectivity index (χ3v) is 10.3. The van der Waals surface area contributed by atoms with E-state index in [0.717, 1.165) is 12.8 Å². The molecular weight excluding hydrogens is 624 g/mol. The van der Waals surface area contributed by atoms with Gasteiger partial charge >= 0.3 is 11.2 Å². The monoisotopic (exact) mass is 654 g/mol. The Morgan fingerprint density at radius 2 is 1.87 bits per heavy atom. The maximum absolute atomic E-state index is 13.7. The first-order valence-corrected chi connectivity index (χ1v) is 16.3. The van der Waals surface area contributed by atoms with Crippen molar-refractivity contribution in [3.63, 3.8) is 0 Å². The molecule has 1 saturated heterocycles. The van der Waals surface area contributed by atoms with Gasteiger partial charge in [-0.1, -0.05) is 30.7 Å². The van der Waals surface area contributed by atoms with Crippen LogP contribution in [0.5, 0.6) is 11.5 Å². The number of piperazine rings is 1. The number of benzene rings is 2. The Labute approximate surface area is 264 Å². The van der Waals surface area contributed by atoms with Gasteiger partial charge in [0.15, 0.2) is 0 Å². The van der Waals surface area contributed by atoms with E-state index in [9.17, 15) is 23.3 Å². The summed E-state index contributed by atoms with van der Waals surface area (Å²) in [6.07, 6.45) is 4.98. The van der Waals surface area contributed by atoms with E-state index in [1.54, 1.807) is 48.7 Å². The van der Waals surface area contributed by atoms with Crippen LogP contribution in [0.2, 0.25) is 5.02 Å². The van der Waals surface area contributed by atoms with Crippen LogP contribution in [0.3, 0.4) is 0 Å². The summed E-state index contributed by atoms with van der Waals surface area (Å²) in [5, 5.41) is 17.4. The van der Waals surface area contributed by atoms with Crippen molar-refractivity contribution in [2.45, 2.75) is 25.5 Å². The van der Waals surface area contributed by atoms with Crippen LogP contribution in [0, 0.1) is 15.5 Å². The third-order valence-electron chi connectivity index (χ3n) is 8.27. The number of nitro benzene ring substituents is 1. The number of sulfonamides is 1. The summed E-state index contributed by atoms with van der Waals surface area (Å²) in [4.78, 5) is 31.2. The van der Waals surface area contributed by atoms with Gasteiger partial charge in [0, 0.05) is 48.2 Å². The van der Waals surface area contributed by atoms with Crippen LogP contribution >= 0.6 is 11.6 Å². The molecule has 0 spiro atoms. The number of ether oxygens (including phenoxy) is 2. The highest BCUT2D eigenvalue weighted by molar-refractivity contribution is 7.88. The summed E-state index contributed by atoms with van der Waals surface area (Å²) in [5.74, 6) is -0.399. The molecule has 15 heteroatoms. The van der Waals surface area contributed by atoms with Gasteiger partial charge in [0.1, 0.15) is 22.7 Å². The van der Waals surface area contributed by atoms with Crippen LogP contribution in [0.4, 0.5) is 11.4 Å². The number of nitro groups is 1. The third kappa shape index (κ3) is 6.17. The Bertz CT molecular complexity index is 1960. The minimum Gasteiger partial charge on any atom is -0.496 e. The van der Waals surface area contributed by atoms with E-state index in [1.807, 2.05) is 4.90 Å². The van der Waals surface area contributed by atoms with Crippen LogP contribution in [0.15, 0.2) is 59.7 Å². The molecule has 1 aliphatic carbocycles. The minimum atomic E-state index is -4.02. The molecule has 0 atom stereocenters. The summed E-state index contributed by atoms with van der Waals surface area (Å²) < 4.78 is 41.4. The van der Waals surface area contributed by atoms with E-state index < -0.39 is 31.9 Å². The Kier molecular flexibility index (Phi) is 8.14. The second kappa shape index (κ2) is 11.9. The van der Waals surface area contributed by atoms with Crippen molar-refractivity contribution in [3.05, 3.63) is 85.9 Å². The van der Waals surface area contributed by atoms with Crippen molar-refractivity contribution in [2.75, 3.05) is 44.8 Å². The number of aromatic nitrogens is 3. The van der Waals surface area contributed by atoms with Crippen molar-refractivity contribution in [2.24, 2.45) is 5.41 Å². The topological polar surface area (TPSA) is 150 Å². The Balaban J connectivity index is 1.26. The Morgan fingerprint density at radius 3 is 2.53 bits per heavy atom. The number of hydrogen-bond acceptors (Lipinski definition) is 10. The molecule has 1 aliphatic heterocycles. The normalized spacial score (nSPS) is 16.5.